The number of anilines is 2. The molecule has 3 fully saturated rings. The quantitative estimate of drug-likeness (QED) is 0.561. The minimum atomic E-state index is -0.337. The Bertz CT molecular complexity index is 1000. The number of rotatable bonds is 7. The highest BCUT2D eigenvalue weighted by molar-refractivity contribution is 7.17. The van der Waals surface area contributed by atoms with E-state index in [1.165, 1.54) is 43.7 Å². The first-order chi connectivity index (χ1) is 17.6. The van der Waals surface area contributed by atoms with Crippen LogP contribution >= 0.6 is 11.3 Å². The number of carbonyl (C=O) groups is 1. The molecule has 0 aromatic carbocycles. The van der Waals surface area contributed by atoms with E-state index in [4.69, 9.17) is 19.7 Å². The molecule has 5 heterocycles. The molecule has 0 bridgehead atoms. The van der Waals surface area contributed by atoms with Crippen molar-refractivity contribution >= 4 is 28.3 Å². The summed E-state index contributed by atoms with van der Waals surface area (Å²) >= 11 is 1.41. The number of nitrogens with one attached hydrogen (secondary N) is 1. The first-order valence-corrected chi connectivity index (χ1v) is 14.4. The number of hydrogen-bond donors (Lipinski definition) is 1. The molecule has 2 aromatic heterocycles. The number of ether oxygens (including phenoxy) is 1. The normalized spacial score (nSPS) is 23.6. The smallest absolute Gasteiger partial charge is 0.350 e. The fourth-order valence-electron chi connectivity index (χ4n) is 5.53. The van der Waals surface area contributed by atoms with E-state index in [-0.39, 0.29) is 5.97 Å². The minimum absolute atomic E-state index is 0.333. The Labute approximate surface area is 218 Å². The highest BCUT2D eigenvalue weighted by Gasteiger charge is 2.27. The van der Waals surface area contributed by atoms with Gasteiger partial charge in [-0.3, -0.25) is 4.90 Å². The summed E-state index contributed by atoms with van der Waals surface area (Å²) in [7, 11) is 0. The van der Waals surface area contributed by atoms with Gasteiger partial charge in [0.15, 0.2) is 5.13 Å². The fraction of sp³-hybridized carbons (Fsp3) is 0.692. The van der Waals surface area contributed by atoms with Gasteiger partial charge in [0, 0.05) is 45.8 Å². The summed E-state index contributed by atoms with van der Waals surface area (Å²) in [6, 6.07) is 0. The van der Waals surface area contributed by atoms with Crippen LogP contribution in [0.15, 0.2) is 12.4 Å². The predicted octanol–water partition coefficient (Wildman–Crippen LogP) is 3.13. The molecule has 10 heteroatoms. The van der Waals surface area contributed by atoms with E-state index in [2.05, 4.69) is 26.9 Å². The lowest BCUT2D eigenvalue weighted by Gasteiger charge is -2.37. The molecule has 0 radical (unpaired) electrons. The number of thiazole rings is 1. The summed E-state index contributed by atoms with van der Waals surface area (Å²) in [5, 5.41) is 4.40. The Morgan fingerprint density at radius 2 is 1.97 bits per heavy atom. The molecule has 2 atom stereocenters. The van der Waals surface area contributed by atoms with Crippen LogP contribution in [0.3, 0.4) is 0 Å². The first-order valence-electron chi connectivity index (χ1n) is 13.5. The summed E-state index contributed by atoms with van der Waals surface area (Å²) in [6.45, 7) is 13.9. The minimum Gasteiger partial charge on any atom is -0.462 e. The van der Waals surface area contributed by atoms with Crippen molar-refractivity contribution in [2.45, 2.75) is 39.5 Å². The van der Waals surface area contributed by atoms with Crippen molar-refractivity contribution in [2.75, 3.05) is 75.3 Å². The van der Waals surface area contributed by atoms with E-state index in [0.29, 0.717) is 28.8 Å². The summed E-state index contributed by atoms with van der Waals surface area (Å²) in [5.41, 5.74) is 1.20. The topological polar surface area (TPSA) is 86.7 Å². The highest BCUT2D eigenvalue weighted by atomic mass is 32.1. The van der Waals surface area contributed by atoms with Crippen molar-refractivity contribution in [1.29, 1.82) is 0 Å². The number of piperidine rings is 2. The van der Waals surface area contributed by atoms with Crippen LogP contribution in [0.2, 0.25) is 0 Å². The van der Waals surface area contributed by atoms with Gasteiger partial charge in [0.25, 0.3) is 0 Å². The maximum atomic E-state index is 12.8. The number of aromatic nitrogens is 3. The molecule has 3 aliphatic rings. The van der Waals surface area contributed by atoms with Gasteiger partial charge in [0.05, 0.1) is 19.0 Å². The number of carbonyl (C=O) groups excluding carboxylic acids is 1. The van der Waals surface area contributed by atoms with Gasteiger partial charge in [-0.1, -0.05) is 18.3 Å². The lowest BCUT2D eigenvalue weighted by molar-refractivity contribution is 0.0532. The third kappa shape index (κ3) is 5.98. The Hall–Kier alpha value is -2.30. The lowest BCUT2D eigenvalue weighted by Crippen LogP contribution is -2.49. The SMILES string of the molecule is CCOC(=O)c1sc(N2CCC[C@@H](C)C2)nc1-c1cnc(N2CCN(CC3CCCNC3)CC2)cn1. The van der Waals surface area contributed by atoms with Gasteiger partial charge in [-0.05, 0) is 57.5 Å². The average Bonchev–Trinajstić information content (AvgIpc) is 3.36. The molecule has 3 aliphatic heterocycles. The molecule has 1 N–H and O–H groups in total. The number of esters is 1. The molecule has 36 heavy (non-hydrogen) atoms. The van der Waals surface area contributed by atoms with Crippen LogP contribution in [-0.4, -0.2) is 91.3 Å². The number of nitrogens with zero attached hydrogens (tertiary/aromatic N) is 6. The zero-order chi connectivity index (χ0) is 24.9. The van der Waals surface area contributed by atoms with Crippen molar-refractivity contribution in [3.05, 3.63) is 17.3 Å². The predicted molar refractivity (Wildman–Crippen MR) is 144 cm³/mol. The van der Waals surface area contributed by atoms with Gasteiger partial charge in [-0.25, -0.2) is 19.7 Å². The van der Waals surface area contributed by atoms with E-state index in [1.807, 2.05) is 13.1 Å². The van der Waals surface area contributed by atoms with Crippen LogP contribution in [0.1, 0.15) is 49.2 Å². The fourth-order valence-corrected chi connectivity index (χ4v) is 6.53. The van der Waals surface area contributed by atoms with Crippen molar-refractivity contribution in [1.82, 2.24) is 25.2 Å². The van der Waals surface area contributed by atoms with Gasteiger partial charge in [0.2, 0.25) is 0 Å². The van der Waals surface area contributed by atoms with E-state index in [0.717, 1.165) is 69.1 Å². The Kier molecular flexibility index (Phi) is 8.33. The van der Waals surface area contributed by atoms with Gasteiger partial charge in [-0.15, -0.1) is 0 Å². The molecule has 0 saturated carbocycles. The van der Waals surface area contributed by atoms with E-state index >= 15 is 0 Å². The second kappa shape index (κ2) is 11.8. The molecule has 3 saturated heterocycles. The van der Waals surface area contributed by atoms with Gasteiger partial charge < -0.3 is 19.9 Å². The molecule has 0 amide bonds. The largest absolute Gasteiger partial charge is 0.462 e. The third-order valence-corrected chi connectivity index (χ3v) is 8.59. The van der Waals surface area contributed by atoms with Crippen molar-refractivity contribution < 1.29 is 9.53 Å². The monoisotopic (exact) mass is 513 g/mol. The second-order valence-corrected chi connectivity index (χ2v) is 11.3. The number of piperazine rings is 1. The van der Waals surface area contributed by atoms with E-state index in [1.54, 1.807) is 6.20 Å². The zero-order valence-corrected chi connectivity index (χ0v) is 22.4. The van der Waals surface area contributed by atoms with Crippen molar-refractivity contribution in [3.8, 4) is 11.4 Å². The van der Waals surface area contributed by atoms with Crippen LogP contribution < -0.4 is 15.1 Å². The summed E-state index contributed by atoms with van der Waals surface area (Å²) in [6.07, 6.45) is 8.59. The highest BCUT2D eigenvalue weighted by Crippen LogP contribution is 2.35. The molecule has 196 valence electrons. The standard InChI is InChI=1S/C26H39N7O2S/c1-3-35-25(34)24-23(30-26(36-24)33-9-5-6-19(2)17-33)21-15-29-22(16-28-21)32-12-10-31(11-13-32)18-20-7-4-8-27-14-20/h15-16,19-20,27H,3-14,17-18H2,1-2H3/t19-,20?/m1/s1. The molecule has 0 aliphatic carbocycles. The maximum Gasteiger partial charge on any atom is 0.350 e. The van der Waals surface area contributed by atoms with Crippen molar-refractivity contribution in [2.24, 2.45) is 11.8 Å². The van der Waals surface area contributed by atoms with Crippen LogP contribution in [0.25, 0.3) is 11.4 Å². The third-order valence-electron chi connectivity index (χ3n) is 7.50. The summed E-state index contributed by atoms with van der Waals surface area (Å²) in [4.78, 5) is 34.7. The van der Waals surface area contributed by atoms with Crippen LogP contribution in [-0.2, 0) is 4.74 Å². The Balaban J connectivity index is 1.26. The molecular weight excluding hydrogens is 474 g/mol. The maximum absolute atomic E-state index is 12.8. The Morgan fingerprint density at radius 1 is 1.11 bits per heavy atom. The second-order valence-electron chi connectivity index (χ2n) is 10.3. The zero-order valence-electron chi connectivity index (χ0n) is 21.6. The molecule has 9 nitrogen and oxygen atoms in total. The van der Waals surface area contributed by atoms with Crippen LogP contribution in [0, 0.1) is 11.8 Å². The van der Waals surface area contributed by atoms with E-state index < -0.39 is 0 Å². The van der Waals surface area contributed by atoms with Gasteiger partial charge in [-0.2, -0.15) is 0 Å². The molecule has 5 rings (SSSR count). The summed E-state index contributed by atoms with van der Waals surface area (Å²) in [5.74, 6) is 1.94. The average molecular weight is 514 g/mol. The Morgan fingerprint density at radius 3 is 2.67 bits per heavy atom. The van der Waals surface area contributed by atoms with Gasteiger partial charge in [0.1, 0.15) is 22.1 Å². The molecular formula is C26H39N7O2S. The number of hydrogen-bond acceptors (Lipinski definition) is 10. The van der Waals surface area contributed by atoms with Crippen molar-refractivity contribution in [3.63, 3.8) is 0 Å². The van der Waals surface area contributed by atoms with Gasteiger partial charge >= 0.3 is 5.97 Å². The van der Waals surface area contributed by atoms with E-state index in [9.17, 15) is 4.79 Å². The molecule has 2 aromatic rings. The van der Waals surface area contributed by atoms with Crippen LogP contribution in [0.5, 0.6) is 0 Å². The molecule has 1 unspecified atom stereocenters. The molecule has 0 spiro atoms. The summed E-state index contributed by atoms with van der Waals surface area (Å²) < 4.78 is 5.34. The first kappa shape index (κ1) is 25.4. The van der Waals surface area contributed by atoms with Crippen LogP contribution in [0.4, 0.5) is 10.9 Å². The lowest BCUT2D eigenvalue weighted by atomic mass is 9.99.